The van der Waals surface area contributed by atoms with Gasteiger partial charge in [0.1, 0.15) is 11.5 Å². The van der Waals surface area contributed by atoms with Crippen molar-refractivity contribution in [3.63, 3.8) is 0 Å². The second-order valence-electron chi connectivity index (χ2n) is 2.87. The van der Waals surface area contributed by atoms with Gasteiger partial charge in [-0.25, -0.2) is 0 Å². The van der Waals surface area contributed by atoms with Crippen molar-refractivity contribution in [2.24, 2.45) is 0 Å². The SMILES string of the molecule is COc1cc(C)c(OC)c(Br)c1C. The van der Waals surface area contributed by atoms with Gasteiger partial charge in [0.15, 0.2) is 0 Å². The van der Waals surface area contributed by atoms with Gasteiger partial charge in [-0.05, 0) is 41.4 Å². The molecule has 0 spiro atoms. The maximum atomic E-state index is 5.25. The van der Waals surface area contributed by atoms with Crippen LogP contribution in [0, 0.1) is 13.8 Å². The Morgan fingerprint density at radius 2 is 1.77 bits per heavy atom. The first-order chi connectivity index (χ1) is 6.11. The van der Waals surface area contributed by atoms with E-state index in [0.717, 1.165) is 27.1 Å². The summed E-state index contributed by atoms with van der Waals surface area (Å²) in [5.41, 5.74) is 2.13. The third-order valence-electron chi connectivity index (χ3n) is 2.03. The summed E-state index contributed by atoms with van der Waals surface area (Å²) < 4.78 is 11.4. The van der Waals surface area contributed by atoms with Gasteiger partial charge in [0.25, 0.3) is 0 Å². The van der Waals surface area contributed by atoms with Crippen LogP contribution in [0.5, 0.6) is 11.5 Å². The molecule has 0 saturated heterocycles. The zero-order chi connectivity index (χ0) is 10.0. The van der Waals surface area contributed by atoms with Crippen molar-refractivity contribution in [2.45, 2.75) is 13.8 Å². The van der Waals surface area contributed by atoms with E-state index in [2.05, 4.69) is 15.9 Å². The molecule has 0 bridgehead atoms. The first kappa shape index (κ1) is 10.4. The molecular weight excluding hydrogens is 232 g/mol. The zero-order valence-electron chi connectivity index (χ0n) is 8.27. The van der Waals surface area contributed by atoms with E-state index in [1.54, 1.807) is 14.2 Å². The molecule has 0 amide bonds. The summed E-state index contributed by atoms with van der Waals surface area (Å²) in [4.78, 5) is 0. The summed E-state index contributed by atoms with van der Waals surface area (Å²) in [5.74, 6) is 1.75. The topological polar surface area (TPSA) is 18.5 Å². The lowest BCUT2D eigenvalue weighted by atomic mass is 10.1. The van der Waals surface area contributed by atoms with Gasteiger partial charge in [-0.3, -0.25) is 0 Å². The Morgan fingerprint density at radius 3 is 2.23 bits per heavy atom. The molecule has 0 aliphatic rings. The summed E-state index contributed by atoms with van der Waals surface area (Å²) in [5, 5.41) is 0. The molecular formula is C10H13BrO2. The van der Waals surface area contributed by atoms with Gasteiger partial charge in [0.2, 0.25) is 0 Å². The van der Waals surface area contributed by atoms with Crippen molar-refractivity contribution < 1.29 is 9.47 Å². The van der Waals surface area contributed by atoms with Gasteiger partial charge in [-0.2, -0.15) is 0 Å². The van der Waals surface area contributed by atoms with Crippen LogP contribution in [-0.2, 0) is 0 Å². The number of halogens is 1. The molecule has 0 atom stereocenters. The van der Waals surface area contributed by atoms with Gasteiger partial charge >= 0.3 is 0 Å². The predicted molar refractivity (Wildman–Crippen MR) is 56.7 cm³/mol. The van der Waals surface area contributed by atoms with Gasteiger partial charge < -0.3 is 9.47 Å². The predicted octanol–water partition coefficient (Wildman–Crippen LogP) is 3.08. The van der Waals surface area contributed by atoms with Crippen LogP contribution in [0.3, 0.4) is 0 Å². The second kappa shape index (κ2) is 4.01. The Labute approximate surface area is 87.0 Å². The van der Waals surface area contributed by atoms with E-state index in [4.69, 9.17) is 9.47 Å². The lowest BCUT2D eigenvalue weighted by Crippen LogP contribution is -1.94. The minimum Gasteiger partial charge on any atom is -0.496 e. The van der Waals surface area contributed by atoms with E-state index >= 15 is 0 Å². The molecule has 0 aromatic heterocycles. The van der Waals surface area contributed by atoms with Crippen molar-refractivity contribution in [1.29, 1.82) is 0 Å². The van der Waals surface area contributed by atoms with E-state index in [0.29, 0.717) is 0 Å². The highest BCUT2D eigenvalue weighted by atomic mass is 79.9. The number of methoxy groups -OCH3 is 2. The van der Waals surface area contributed by atoms with Crippen molar-refractivity contribution in [3.05, 3.63) is 21.7 Å². The van der Waals surface area contributed by atoms with Crippen LogP contribution >= 0.6 is 15.9 Å². The van der Waals surface area contributed by atoms with Gasteiger partial charge in [0.05, 0.1) is 18.7 Å². The van der Waals surface area contributed by atoms with Crippen molar-refractivity contribution in [1.82, 2.24) is 0 Å². The van der Waals surface area contributed by atoms with Gasteiger partial charge in [-0.1, -0.05) is 0 Å². The van der Waals surface area contributed by atoms with E-state index in [-0.39, 0.29) is 0 Å². The number of benzene rings is 1. The molecule has 1 aromatic rings. The lowest BCUT2D eigenvalue weighted by Gasteiger charge is -2.13. The van der Waals surface area contributed by atoms with Crippen molar-refractivity contribution >= 4 is 15.9 Å². The Hall–Kier alpha value is -0.700. The number of rotatable bonds is 2. The smallest absolute Gasteiger partial charge is 0.136 e. The maximum Gasteiger partial charge on any atom is 0.136 e. The molecule has 1 aromatic carbocycles. The number of hydrogen-bond donors (Lipinski definition) is 0. The molecule has 72 valence electrons. The molecule has 13 heavy (non-hydrogen) atoms. The number of hydrogen-bond acceptors (Lipinski definition) is 2. The first-order valence-electron chi connectivity index (χ1n) is 3.99. The Kier molecular flexibility index (Phi) is 3.20. The second-order valence-corrected chi connectivity index (χ2v) is 3.66. The van der Waals surface area contributed by atoms with Crippen molar-refractivity contribution in [3.8, 4) is 11.5 Å². The molecule has 0 N–H and O–H groups in total. The summed E-state index contributed by atoms with van der Waals surface area (Å²) in [6, 6.07) is 1.97. The molecule has 2 nitrogen and oxygen atoms in total. The van der Waals surface area contributed by atoms with Crippen LogP contribution in [0.4, 0.5) is 0 Å². The number of aryl methyl sites for hydroxylation is 1. The first-order valence-corrected chi connectivity index (χ1v) is 4.78. The summed E-state index contributed by atoms with van der Waals surface area (Å²) in [7, 11) is 3.33. The monoisotopic (exact) mass is 244 g/mol. The van der Waals surface area contributed by atoms with Gasteiger partial charge in [0, 0.05) is 5.56 Å². The average Bonchev–Trinajstić information content (AvgIpc) is 2.12. The van der Waals surface area contributed by atoms with E-state index in [1.165, 1.54) is 0 Å². The van der Waals surface area contributed by atoms with Crippen molar-refractivity contribution in [2.75, 3.05) is 14.2 Å². The normalized spacial score (nSPS) is 9.92. The van der Waals surface area contributed by atoms with Gasteiger partial charge in [-0.15, -0.1) is 0 Å². The highest BCUT2D eigenvalue weighted by molar-refractivity contribution is 9.10. The Balaban J connectivity index is 3.37. The third-order valence-corrected chi connectivity index (χ3v) is 2.98. The van der Waals surface area contributed by atoms with Crippen LogP contribution in [0.2, 0.25) is 0 Å². The Morgan fingerprint density at radius 1 is 1.15 bits per heavy atom. The quantitative estimate of drug-likeness (QED) is 0.797. The standard InChI is InChI=1S/C10H13BrO2/c1-6-5-8(12-3)7(2)9(11)10(6)13-4/h5H,1-4H3. The average molecular weight is 245 g/mol. The third kappa shape index (κ3) is 1.80. The lowest BCUT2D eigenvalue weighted by molar-refractivity contribution is 0.395. The molecule has 0 saturated carbocycles. The fraction of sp³-hybridized carbons (Fsp3) is 0.400. The molecule has 0 unspecified atom stereocenters. The zero-order valence-corrected chi connectivity index (χ0v) is 9.86. The largest absolute Gasteiger partial charge is 0.496 e. The Bertz CT molecular complexity index is 321. The molecule has 3 heteroatoms. The fourth-order valence-corrected chi connectivity index (χ4v) is 1.95. The molecule has 0 fully saturated rings. The molecule has 0 aliphatic heterocycles. The number of ether oxygens (including phenoxy) is 2. The summed E-state index contributed by atoms with van der Waals surface area (Å²) in [6.45, 7) is 3.98. The van der Waals surface area contributed by atoms with Crippen LogP contribution < -0.4 is 9.47 Å². The minimum atomic E-state index is 0.873. The van der Waals surface area contributed by atoms with E-state index in [9.17, 15) is 0 Å². The van der Waals surface area contributed by atoms with E-state index in [1.807, 2.05) is 19.9 Å². The molecule has 1 rings (SSSR count). The highest BCUT2D eigenvalue weighted by Gasteiger charge is 2.11. The molecule has 0 heterocycles. The summed E-state index contributed by atoms with van der Waals surface area (Å²) >= 11 is 3.48. The van der Waals surface area contributed by atoms with Crippen LogP contribution in [0.15, 0.2) is 10.5 Å². The maximum absolute atomic E-state index is 5.25. The highest BCUT2D eigenvalue weighted by Crippen LogP contribution is 2.37. The summed E-state index contributed by atoms with van der Waals surface area (Å²) in [6.07, 6.45) is 0. The van der Waals surface area contributed by atoms with Crippen LogP contribution in [0.25, 0.3) is 0 Å². The molecule has 0 aliphatic carbocycles. The molecule has 0 radical (unpaired) electrons. The van der Waals surface area contributed by atoms with E-state index < -0.39 is 0 Å². The minimum absolute atomic E-state index is 0.873. The fourth-order valence-electron chi connectivity index (χ4n) is 1.28. The van der Waals surface area contributed by atoms with Crippen LogP contribution in [-0.4, -0.2) is 14.2 Å². The van der Waals surface area contributed by atoms with Crippen LogP contribution in [0.1, 0.15) is 11.1 Å².